The average molecular weight is 416 g/mol. The Labute approximate surface area is 176 Å². The molecule has 0 bridgehead atoms. The highest BCUT2D eigenvalue weighted by Crippen LogP contribution is 2.38. The van der Waals surface area contributed by atoms with Gasteiger partial charge >= 0.3 is 5.97 Å². The number of hydrogen-bond donors (Lipinski definition) is 1. The first-order valence-electron chi connectivity index (χ1n) is 10.4. The van der Waals surface area contributed by atoms with Gasteiger partial charge < -0.3 is 14.8 Å². The van der Waals surface area contributed by atoms with E-state index in [1.165, 1.54) is 21.8 Å². The number of anilines is 1. The first-order chi connectivity index (χ1) is 14.0. The zero-order valence-corrected chi connectivity index (χ0v) is 18.2. The average Bonchev–Trinajstić information content (AvgIpc) is 3.10. The molecule has 1 aliphatic rings. The molecule has 0 radical (unpaired) electrons. The molecule has 0 aliphatic heterocycles. The number of aryl methyl sites for hydroxylation is 1. The number of carbonyl (C=O) groups excluding carboxylic acids is 2. The minimum Gasteiger partial charge on any atom is -0.484 e. The van der Waals surface area contributed by atoms with Gasteiger partial charge in [-0.25, -0.2) is 4.79 Å². The van der Waals surface area contributed by atoms with Crippen molar-refractivity contribution in [2.24, 2.45) is 0 Å². The van der Waals surface area contributed by atoms with Crippen LogP contribution in [0.2, 0.25) is 0 Å². The molecule has 1 aromatic carbocycles. The Hall–Kier alpha value is -2.34. The lowest BCUT2D eigenvalue weighted by Gasteiger charge is -2.12. The molecule has 1 heterocycles. The van der Waals surface area contributed by atoms with Crippen molar-refractivity contribution in [3.05, 3.63) is 45.8 Å². The molecule has 1 aromatic heterocycles. The maximum atomic E-state index is 12.5. The normalized spacial score (nSPS) is 14.0. The highest BCUT2D eigenvalue weighted by molar-refractivity contribution is 7.17. The molecule has 29 heavy (non-hydrogen) atoms. The number of amides is 1. The van der Waals surface area contributed by atoms with Crippen LogP contribution in [-0.4, -0.2) is 25.1 Å². The van der Waals surface area contributed by atoms with Crippen LogP contribution in [0.15, 0.2) is 24.3 Å². The summed E-state index contributed by atoms with van der Waals surface area (Å²) >= 11 is 1.49. The zero-order valence-electron chi connectivity index (χ0n) is 17.4. The Morgan fingerprint density at radius 2 is 1.86 bits per heavy atom. The Morgan fingerprint density at radius 3 is 2.55 bits per heavy atom. The van der Waals surface area contributed by atoms with Gasteiger partial charge in [-0.3, -0.25) is 4.79 Å². The highest BCUT2D eigenvalue weighted by Gasteiger charge is 2.27. The van der Waals surface area contributed by atoms with Crippen molar-refractivity contribution in [1.29, 1.82) is 0 Å². The van der Waals surface area contributed by atoms with Gasteiger partial charge in [-0.1, -0.05) is 26.0 Å². The van der Waals surface area contributed by atoms with Gasteiger partial charge in [0.2, 0.25) is 0 Å². The number of benzene rings is 1. The summed E-state index contributed by atoms with van der Waals surface area (Å²) in [5.41, 5.74) is 2.82. The van der Waals surface area contributed by atoms with Crippen LogP contribution in [0.4, 0.5) is 5.00 Å². The molecule has 1 amide bonds. The first-order valence-corrected chi connectivity index (χ1v) is 11.2. The summed E-state index contributed by atoms with van der Waals surface area (Å²) in [4.78, 5) is 26.1. The number of esters is 1. The van der Waals surface area contributed by atoms with Gasteiger partial charge in [0, 0.05) is 4.88 Å². The predicted molar refractivity (Wildman–Crippen MR) is 116 cm³/mol. The topological polar surface area (TPSA) is 64.6 Å². The van der Waals surface area contributed by atoms with E-state index in [4.69, 9.17) is 9.47 Å². The Balaban J connectivity index is 1.66. The summed E-state index contributed by atoms with van der Waals surface area (Å²) in [6, 6.07) is 7.85. The largest absolute Gasteiger partial charge is 0.484 e. The first kappa shape index (κ1) is 21.4. The number of rotatable bonds is 8. The van der Waals surface area contributed by atoms with Crippen LogP contribution in [0, 0.1) is 0 Å². The van der Waals surface area contributed by atoms with Gasteiger partial charge in [0.15, 0.2) is 6.61 Å². The van der Waals surface area contributed by atoms with E-state index in [2.05, 4.69) is 19.2 Å². The lowest BCUT2D eigenvalue weighted by Crippen LogP contribution is -2.21. The van der Waals surface area contributed by atoms with Crippen molar-refractivity contribution in [2.45, 2.75) is 58.8 Å². The molecule has 156 valence electrons. The smallest absolute Gasteiger partial charge is 0.341 e. The minimum atomic E-state index is -0.358. The maximum Gasteiger partial charge on any atom is 0.341 e. The molecule has 0 saturated heterocycles. The second kappa shape index (κ2) is 9.92. The van der Waals surface area contributed by atoms with E-state index in [0.717, 1.165) is 37.7 Å². The number of nitrogens with one attached hydrogen (secondary N) is 1. The molecule has 1 aliphatic carbocycles. The second-order valence-electron chi connectivity index (χ2n) is 7.35. The SMILES string of the molecule is CCOC(=O)c1c(NC(=O)COc2ccc([C@H](C)CC)cc2)sc2c1CCCC2. The number of thiophene rings is 1. The third-order valence-corrected chi connectivity index (χ3v) is 6.54. The summed E-state index contributed by atoms with van der Waals surface area (Å²) in [6.07, 6.45) is 5.05. The molecule has 0 saturated carbocycles. The van der Waals surface area contributed by atoms with Gasteiger partial charge in [0.25, 0.3) is 5.91 Å². The Kier molecular flexibility index (Phi) is 7.31. The molecule has 0 fully saturated rings. The molecule has 0 spiro atoms. The summed E-state index contributed by atoms with van der Waals surface area (Å²) in [5.74, 6) is 0.519. The molecule has 1 atom stereocenters. The van der Waals surface area contributed by atoms with Crippen molar-refractivity contribution in [3.63, 3.8) is 0 Å². The van der Waals surface area contributed by atoms with E-state index >= 15 is 0 Å². The fourth-order valence-corrected chi connectivity index (χ4v) is 4.81. The van der Waals surface area contributed by atoms with Crippen LogP contribution in [-0.2, 0) is 22.4 Å². The van der Waals surface area contributed by atoms with Gasteiger partial charge in [0.1, 0.15) is 10.8 Å². The van der Waals surface area contributed by atoms with Crippen LogP contribution in [0.1, 0.15) is 72.3 Å². The summed E-state index contributed by atoms with van der Waals surface area (Å²) < 4.78 is 10.9. The number of hydrogen-bond acceptors (Lipinski definition) is 5. The van der Waals surface area contributed by atoms with Crippen molar-refractivity contribution in [1.82, 2.24) is 0 Å². The Bertz CT molecular complexity index is 857. The fraction of sp³-hybridized carbons (Fsp3) is 0.478. The number of carbonyl (C=O) groups is 2. The van der Waals surface area contributed by atoms with E-state index in [1.807, 2.05) is 24.3 Å². The van der Waals surface area contributed by atoms with Gasteiger partial charge in [0.05, 0.1) is 12.2 Å². The minimum absolute atomic E-state index is 0.104. The molecule has 2 aromatic rings. The highest BCUT2D eigenvalue weighted by atomic mass is 32.1. The van der Waals surface area contributed by atoms with Crippen molar-refractivity contribution >= 4 is 28.2 Å². The van der Waals surface area contributed by atoms with Crippen LogP contribution in [0.5, 0.6) is 5.75 Å². The lowest BCUT2D eigenvalue weighted by atomic mass is 9.95. The molecule has 5 nitrogen and oxygen atoms in total. The molecule has 1 N–H and O–H groups in total. The van der Waals surface area contributed by atoms with Crippen molar-refractivity contribution < 1.29 is 19.1 Å². The van der Waals surface area contributed by atoms with Crippen LogP contribution < -0.4 is 10.1 Å². The fourth-order valence-electron chi connectivity index (χ4n) is 3.51. The lowest BCUT2D eigenvalue weighted by molar-refractivity contribution is -0.118. The van der Waals surface area contributed by atoms with E-state index in [9.17, 15) is 9.59 Å². The zero-order chi connectivity index (χ0) is 20.8. The van der Waals surface area contributed by atoms with Crippen molar-refractivity contribution in [3.8, 4) is 5.75 Å². The summed E-state index contributed by atoms with van der Waals surface area (Å²) in [6.45, 7) is 6.34. The number of fused-ring (bicyclic) bond motifs is 1. The second-order valence-corrected chi connectivity index (χ2v) is 8.46. The predicted octanol–water partition coefficient (Wildman–Crippen LogP) is 5.33. The standard InChI is InChI=1S/C23H29NO4S/c1-4-15(3)16-10-12-17(13-11-16)28-14-20(25)24-22-21(23(26)27-5-2)18-8-6-7-9-19(18)29-22/h10-13,15H,4-9,14H2,1-3H3,(H,24,25)/t15-/m1/s1. The molecular formula is C23H29NO4S. The maximum absolute atomic E-state index is 12.5. The van der Waals surface area contributed by atoms with E-state index in [1.54, 1.807) is 6.92 Å². The quantitative estimate of drug-likeness (QED) is 0.592. The van der Waals surface area contributed by atoms with Gasteiger partial charge in [-0.2, -0.15) is 0 Å². The van der Waals surface area contributed by atoms with Gasteiger partial charge in [-0.05, 0) is 68.2 Å². The summed E-state index contributed by atoms with van der Waals surface area (Å²) in [7, 11) is 0. The third-order valence-electron chi connectivity index (χ3n) is 5.34. The number of ether oxygens (including phenoxy) is 2. The van der Waals surface area contributed by atoms with Crippen LogP contribution >= 0.6 is 11.3 Å². The molecular weight excluding hydrogens is 386 g/mol. The summed E-state index contributed by atoms with van der Waals surface area (Å²) in [5, 5.41) is 3.45. The van der Waals surface area contributed by atoms with Gasteiger partial charge in [-0.15, -0.1) is 11.3 Å². The van der Waals surface area contributed by atoms with Crippen LogP contribution in [0.25, 0.3) is 0 Å². The van der Waals surface area contributed by atoms with E-state index in [0.29, 0.717) is 28.8 Å². The molecule has 0 unspecified atom stereocenters. The van der Waals surface area contributed by atoms with E-state index < -0.39 is 0 Å². The molecule has 3 rings (SSSR count). The van der Waals surface area contributed by atoms with Crippen LogP contribution in [0.3, 0.4) is 0 Å². The third kappa shape index (κ3) is 5.18. The monoisotopic (exact) mass is 415 g/mol. The van der Waals surface area contributed by atoms with E-state index in [-0.39, 0.29) is 18.5 Å². The molecule has 6 heteroatoms. The Morgan fingerprint density at radius 1 is 1.14 bits per heavy atom. The van der Waals surface area contributed by atoms with Crippen molar-refractivity contribution in [2.75, 3.05) is 18.5 Å².